The van der Waals surface area contributed by atoms with E-state index in [1.165, 1.54) is 0 Å². The molecule has 0 amide bonds. The number of ether oxygens (including phenoxy) is 2. The largest absolute Gasteiger partial charge is 0.490 e. The van der Waals surface area contributed by atoms with Gasteiger partial charge in [-0.25, -0.2) is 0 Å². The zero-order valence-corrected chi connectivity index (χ0v) is 17.7. The number of rotatable bonds is 10. The molecule has 1 unspecified atom stereocenters. The monoisotopic (exact) mass is 425 g/mol. The molecule has 0 fully saturated rings. The fraction of sp³-hybridized carbons (Fsp3) is 0.381. The summed E-state index contributed by atoms with van der Waals surface area (Å²) in [7, 11) is 0. The molecular weight excluding hydrogens is 401 g/mol. The van der Waals surface area contributed by atoms with Crippen molar-refractivity contribution in [2.45, 2.75) is 40.0 Å². The Kier molecular flexibility index (Phi) is 8.42. The fourth-order valence-electron chi connectivity index (χ4n) is 2.69. The van der Waals surface area contributed by atoms with E-state index in [2.05, 4.69) is 5.32 Å². The lowest BCUT2D eigenvalue weighted by molar-refractivity contribution is -0.140. The van der Waals surface area contributed by atoms with Crippen molar-refractivity contribution in [3.63, 3.8) is 0 Å². The van der Waals surface area contributed by atoms with Crippen LogP contribution in [0.5, 0.6) is 11.5 Å². The standard InChI is InChI=1S/C21H25Cl2NO4/c1-4-27-18-9-15(11-24-20(13(2)3)21(25)26)17(23)10-19(18)28-12-14-7-5-6-8-16(14)22/h5-10,13,20,24H,4,11-12H2,1-3H3,(H,25,26). The van der Waals surface area contributed by atoms with Crippen molar-refractivity contribution in [2.75, 3.05) is 6.61 Å². The second-order valence-electron chi connectivity index (χ2n) is 6.64. The van der Waals surface area contributed by atoms with Crippen LogP contribution in [0.3, 0.4) is 0 Å². The molecule has 0 aliphatic rings. The second kappa shape index (κ2) is 10.6. The van der Waals surface area contributed by atoms with Gasteiger partial charge in [0.25, 0.3) is 0 Å². The van der Waals surface area contributed by atoms with Crippen LogP contribution in [-0.4, -0.2) is 23.7 Å². The maximum Gasteiger partial charge on any atom is 0.320 e. The van der Waals surface area contributed by atoms with Crippen LogP contribution in [0.4, 0.5) is 0 Å². The van der Waals surface area contributed by atoms with Crippen LogP contribution in [0.25, 0.3) is 0 Å². The van der Waals surface area contributed by atoms with E-state index >= 15 is 0 Å². The van der Waals surface area contributed by atoms with Crippen LogP contribution in [0.15, 0.2) is 36.4 Å². The molecule has 0 aliphatic heterocycles. The minimum atomic E-state index is -0.893. The number of hydrogen-bond acceptors (Lipinski definition) is 4. The zero-order chi connectivity index (χ0) is 20.7. The molecule has 28 heavy (non-hydrogen) atoms. The van der Waals surface area contributed by atoms with Crippen molar-refractivity contribution in [3.8, 4) is 11.5 Å². The van der Waals surface area contributed by atoms with E-state index in [1.807, 2.05) is 39.0 Å². The number of carboxylic acids is 1. The molecule has 0 saturated heterocycles. The number of carboxylic acid groups (broad SMARTS) is 1. The van der Waals surface area contributed by atoms with Crippen molar-refractivity contribution < 1.29 is 19.4 Å². The normalized spacial score (nSPS) is 12.1. The molecule has 1 atom stereocenters. The predicted octanol–water partition coefficient (Wildman–Crippen LogP) is 5.17. The molecule has 0 heterocycles. The number of halogens is 2. The van der Waals surface area contributed by atoms with E-state index in [-0.39, 0.29) is 12.5 Å². The Morgan fingerprint density at radius 3 is 2.36 bits per heavy atom. The third-order valence-corrected chi connectivity index (χ3v) is 4.92. The van der Waals surface area contributed by atoms with E-state index in [0.29, 0.717) is 34.7 Å². The minimum Gasteiger partial charge on any atom is -0.490 e. The molecule has 0 saturated carbocycles. The Hall–Kier alpha value is -1.95. The maximum atomic E-state index is 11.4. The summed E-state index contributed by atoms with van der Waals surface area (Å²) < 4.78 is 11.6. The lowest BCUT2D eigenvalue weighted by Gasteiger charge is -2.19. The quantitative estimate of drug-likeness (QED) is 0.549. The third kappa shape index (κ3) is 6.03. The van der Waals surface area contributed by atoms with E-state index < -0.39 is 12.0 Å². The molecule has 152 valence electrons. The summed E-state index contributed by atoms with van der Waals surface area (Å²) in [5.41, 5.74) is 1.59. The van der Waals surface area contributed by atoms with Crippen LogP contribution < -0.4 is 14.8 Å². The van der Waals surface area contributed by atoms with Crippen molar-refractivity contribution in [3.05, 3.63) is 57.6 Å². The molecule has 0 spiro atoms. The van der Waals surface area contributed by atoms with Gasteiger partial charge in [0.05, 0.1) is 6.61 Å². The van der Waals surface area contributed by atoms with Crippen molar-refractivity contribution in [2.24, 2.45) is 5.92 Å². The molecule has 5 nitrogen and oxygen atoms in total. The zero-order valence-electron chi connectivity index (χ0n) is 16.2. The van der Waals surface area contributed by atoms with Gasteiger partial charge in [0.15, 0.2) is 11.5 Å². The topological polar surface area (TPSA) is 67.8 Å². The lowest BCUT2D eigenvalue weighted by Crippen LogP contribution is -2.40. The molecule has 2 aromatic rings. The first kappa shape index (κ1) is 22.3. The summed E-state index contributed by atoms with van der Waals surface area (Å²) in [6.07, 6.45) is 0. The number of hydrogen-bond donors (Lipinski definition) is 2. The van der Waals surface area contributed by atoms with Crippen LogP contribution in [-0.2, 0) is 17.9 Å². The fourth-order valence-corrected chi connectivity index (χ4v) is 3.10. The highest BCUT2D eigenvalue weighted by molar-refractivity contribution is 6.31. The van der Waals surface area contributed by atoms with Crippen LogP contribution >= 0.6 is 23.2 Å². The average molecular weight is 426 g/mol. The SMILES string of the molecule is CCOc1cc(CNC(C(=O)O)C(C)C)c(Cl)cc1OCc1ccccc1Cl. The van der Waals surface area contributed by atoms with Gasteiger partial charge in [0, 0.05) is 28.2 Å². The Morgan fingerprint density at radius 2 is 1.75 bits per heavy atom. The van der Waals surface area contributed by atoms with Gasteiger partial charge in [-0.05, 0) is 30.5 Å². The summed E-state index contributed by atoms with van der Waals surface area (Å²) in [6.45, 7) is 6.63. The minimum absolute atomic E-state index is 0.0548. The maximum absolute atomic E-state index is 11.4. The first-order valence-electron chi connectivity index (χ1n) is 9.11. The average Bonchev–Trinajstić information content (AvgIpc) is 2.63. The first-order chi connectivity index (χ1) is 13.3. The molecule has 0 aliphatic carbocycles. The van der Waals surface area contributed by atoms with E-state index in [1.54, 1.807) is 18.2 Å². The molecule has 7 heteroatoms. The molecule has 2 aromatic carbocycles. The summed E-state index contributed by atoms with van der Waals surface area (Å²) in [4.78, 5) is 11.4. The van der Waals surface area contributed by atoms with Gasteiger partial charge in [-0.1, -0.05) is 55.2 Å². The molecular formula is C21H25Cl2NO4. The number of benzene rings is 2. The van der Waals surface area contributed by atoms with Crippen LogP contribution in [0.2, 0.25) is 10.0 Å². The van der Waals surface area contributed by atoms with Crippen molar-refractivity contribution in [1.82, 2.24) is 5.32 Å². The van der Waals surface area contributed by atoms with E-state index in [9.17, 15) is 9.90 Å². The highest BCUT2D eigenvalue weighted by Gasteiger charge is 2.21. The summed E-state index contributed by atoms with van der Waals surface area (Å²) >= 11 is 12.6. The van der Waals surface area contributed by atoms with Gasteiger partial charge in [-0.3, -0.25) is 4.79 Å². The van der Waals surface area contributed by atoms with Crippen LogP contribution in [0, 0.1) is 5.92 Å². The van der Waals surface area contributed by atoms with Gasteiger partial charge < -0.3 is 19.9 Å². The molecule has 2 N–H and O–H groups in total. The summed E-state index contributed by atoms with van der Waals surface area (Å²) in [5.74, 6) is 0.109. The molecule has 2 rings (SSSR count). The predicted molar refractivity (Wildman–Crippen MR) is 112 cm³/mol. The van der Waals surface area contributed by atoms with Gasteiger partial charge in [0.1, 0.15) is 12.6 Å². The lowest BCUT2D eigenvalue weighted by atomic mass is 10.0. The van der Waals surface area contributed by atoms with E-state index in [0.717, 1.165) is 11.1 Å². The van der Waals surface area contributed by atoms with Crippen LogP contribution in [0.1, 0.15) is 31.9 Å². The van der Waals surface area contributed by atoms with E-state index in [4.69, 9.17) is 32.7 Å². The van der Waals surface area contributed by atoms with Crippen molar-refractivity contribution in [1.29, 1.82) is 0 Å². The Bertz CT molecular complexity index is 811. The molecule has 0 radical (unpaired) electrons. The number of aliphatic carboxylic acids is 1. The van der Waals surface area contributed by atoms with Gasteiger partial charge in [-0.2, -0.15) is 0 Å². The van der Waals surface area contributed by atoms with Gasteiger partial charge >= 0.3 is 5.97 Å². The Labute approximate surface area is 175 Å². The highest BCUT2D eigenvalue weighted by Crippen LogP contribution is 2.34. The molecule has 0 bridgehead atoms. The summed E-state index contributed by atoms with van der Waals surface area (Å²) in [6, 6.07) is 10.2. The van der Waals surface area contributed by atoms with Crippen molar-refractivity contribution >= 4 is 29.2 Å². The highest BCUT2D eigenvalue weighted by atomic mass is 35.5. The number of nitrogens with one attached hydrogen (secondary N) is 1. The third-order valence-electron chi connectivity index (χ3n) is 4.20. The Balaban J connectivity index is 2.18. The number of carbonyl (C=O) groups is 1. The van der Waals surface area contributed by atoms with Gasteiger partial charge in [0.2, 0.25) is 0 Å². The smallest absolute Gasteiger partial charge is 0.320 e. The summed E-state index contributed by atoms with van der Waals surface area (Å²) in [5, 5.41) is 13.5. The van der Waals surface area contributed by atoms with Gasteiger partial charge in [-0.15, -0.1) is 0 Å². The molecule has 0 aromatic heterocycles. The second-order valence-corrected chi connectivity index (χ2v) is 7.46. The Morgan fingerprint density at radius 1 is 1.07 bits per heavy atom. The first-order valence-corrected chi connectivity index (χ1v) is 9.86.